The van der Waals surface area contributed by atoms with Crippen LogP contribution in [-0.2, 0) is 38.2 Å². The predicted molar refractivity (Wildman–Crippen MR) is 267 cm³/mol. The molecule has 26 nitrogen and oxygen atoms in total. The van der Waals surface area contributed by atoms with Crippen molar-refractivity contribution < 1.29 is 79.1 Å². The van der Waals surface area contributed by atoms with E-state index in [9.17, 15) is 69.6 Å². The predicted octanol–water partition coefficient (Wildman–Crippen LogP) is 0.936. The summed E-state index contributed by atoms with van der Waals surface area (Å²) in [6.07, 6.45) is 2.42. The van der Waals surface area contributed by atoms with Crippen LogP contribution in [0.2, 0.25) is 0 Å². The fraction of sp³-hybridized carbons (Fsp3) is 0.480. The number of aliphatic hydroxyl groups excluding tert-OH is 6. The van der Waals surface area contributed by atoms with E-state index in [0.29, 0.717) is 46.7 Å². The number of nitrogens with one attached hydrogen (secondary N) is 4. The van der Waals surface area contributed by atoms with Gasteiger partial charge in [-0.05, 0) is 37.1 Å². The average Bonchev–Trinajstić information content (AvgIpc) is 4.10. The van der Waals surface area contributed by atoms with Gasteiger partial charge in [0.2, 0.25) is 35.1 Å². The molecule has 26 heteroatoms. The highest BCUT2D eigenvalue weighted by atomic mass is 16.5. The topological polar surface area (TPSA) is 392 Å². The zero-order valence-electron chi connectivity index (χ0n) is 41.7. The molecule has 0 unspecified atom stereocenters. The quantitative estimate of drug-likeness (QED) is 0.0370. The first kappa shape index (κ1) is 57.7. The van der Waals surface area contributed by atoms with Gasteiger partial charge in [-0.3, -0.25) is 19.2 Å². The Morgan fingerprint density at radius 3 is 1.26 bits per heavy atom. The number of unbranched alkanes of at least 4 members (excludes halogenated alkanes) is 7. The van der Waals surface area contributed by atoms with Gasteiger partial charge in [-0.15, -0.1) is 10.2 Å². The fourth-order valence-corrected chi connectivity index (χ4v) is 8.95. The smallest absolute Gasteiger partial charge is 0.370 e. The molecule has 4 amide bonds. The summed E-state index contributed by atoms with van der Waals surface area (Å²) in [6, 6.07) is 9.32. The molecule has 2 aliphatic rings. The molecular weight excluding hydrogens is 997 g/mol. The van der Waals surface area contributed by atoms with Crippen LogP contribution in [0.3, 0.4) is 0 Å². The van der Waals surface area contributed by atoms with Crippen molar-refractivity contribution in [2.75, 3.05) is 23.8 Å². The third-order valence-electron chi connectivity index (χ3n) is 12.8. The summed E-state index contributed by atoms with van der Waals surface area (Å²) in [5.41, 5.74) is 2.51. The number of amides is 4. The van der Waals surface area contributed by atoms with Crippen molar-refractivity contribution in [1.29, 1.82) is 0 Å². The second kappa shape index (κ2) is 27.3. The van der Waals surface area contributed by atoms with Gasteiger partial charge in [-0.25, -0.2) is 19.0 Å². The second-order valence-electron chi connectivity index (χ2n) is 18.4. The van der Waals surface area contributed by atoms with Gasteiger partial charge in [-0.1, -0.05) is 85.3 Å². The first-order valence-electron chi connectivity index (χ1n) is 24.7. The number of rotatable bonds is 27. The summed E-state index contributed by atoms with van der Waals surface area (Å²) in [7, 11) is 0. The minimum absolute atomic E-state index is 0.219. The molecule has 4 aromatic rings. The summed E-state index contributed by atoms with van der Waals surface area (Å²) in [5, 5.41) is 108. The van der Waals surface area contributed by atoms with E-state index in [4.69, 9.17) is 9.47 Å². The molecule has 4 heterocycles. The van der Waals surface area contributed by atoms with Crippen molar-refractivity contribution in [3.63, 3.8) is 0 Å². The van der Waals surface area contributed by atoms with Crippen molar-refractivity contribution in [1.82, 2.24) is 40.6 Å². The maximum absolute atomic E-state index is 13.1. The van der Waals surface area contributed by atoms with E-state index in [-0.39, 0.29) is 24.7 Å². The van der Waals surface area contributed by atoms with E-state index in [1.54, 1.807) is 48.5 Å². The molecule has 10 atom stereocenters. The van der Waals surface area contributed by atoms with Gasteiger partial charge >= 0.3 is 11.9 Å². The van der Waals surface area contributed by atoms with Gasteiger partial charge in [0.05, 0.1) is 61.1 Å². The minimum atomic E-state index is -1.80. The van der Waals surface area contributed by atoms with Crippen LogP contribution in [-0.4, -0.2) is 168 Å². The van der Waals surface area contributed by atoms with Crippen LogP contribution in [0.15, 0.2) is 84.6 Å². The maximum atomic E-state index is 13.1. The van der Waals surface area contributed by atoms with Crippen LogP contribution in [0.1, 0.15) is 90.1 Å². The maximum Gasteiger partial charge on any atom is 0.370 e. The Hall–Kier alpha value is -7.62. The molecule has 12 N–H and O–H groups in total. The van der Waals surface area contributed by atoms with E-state index >= 15 is 0 Å². The Morgan fingerprint density at radius 1 is 0.566 bits per heavy atom. The number of hydrogen-bond donors (Lipinski definition) is 12. The van der Waals surface area contributed by atoms with Crippen LogP contribution >= 0.6 is 0 Å². The van der Waals surface area contributed by atoms with E-state index in [2.05, 4.69) is 41.9 Å². The lowest BCUT2D eigenvalue weighted by Crippen LogP contribution is -2.58. The molecule has 0 spiro atoms. The molecule has 0 bridgehead atoms. The number of anilines is 2. The van der Waals surface area contributed by atoms with Gasteiger partial charge in [0.1, 0.15) is 48.0 Å². The number of carbonyl (C=O) groups is 6. The number of nitrogens with zero attached hydrogens (tertiary/aromatic N) is 6. The SMILES string of the molecule is CC(=O)N[C@H]1[C@H]([C@H](O)[C@H](O)CO)OC(C(=O)O)=C[C@@H]1n1cc(-c2ccccc2NC(=O)CCCCCCCCCCC(=O)Nc2ccccc2-c2cn([C@H]3C=C(C(=O)O)O[C@@H]([C@H](O)[C@H](O)CO)[C@@H]3NC(C)=O)nn2)nn1. The summed E-state index contributed by atoms with van der Waals surface area (Å²) in [6.45, 7) is 0.686. The molecule has 0 radical (unpaired) electrons. The Labute approximate surface area is 435 Å². The van der Waals surface area contributed by atoms with Crippen molar-refractivity contribution >= 4 is 46.9 Å². The Morgan fingerprint density at radius 2 is 0.921 bits per heavy atom. The molecule has 2 aromatic carbocycles. The number of ether oxygens (including phenoxy) is 2. The fourth-order valence-electron chi connectivity index (χ4n) is 8.95. The van der Waals surface area contributed by atoms with Crippen molar-refractivity contribution in [3.05, 3.63) is 84.6 Å². The number of aromatic nitrogens is 6. The lowest BCUT2D eigenvalue weighted by Gasteiger charge is -2.39. The lowest BCUT2D eigenvalue weighted by molar-refractivity contribution is -0.148. The number of aliphatic carboxylic acids is 2. The zero-order chi connectivity index (χ0) is 55.1. The molecule has 76 heavy (non-hydrogen) atoms. The van der Waals surface area contributed by atoms with E-state index in [0.717, 1.165) is 38.5 Å². The number of benzene rings is 2. The van der Waals surface area contributed by atoms with E-state index in [1.807, 2.05) is 0 Å². The molecule has 6 rings (SSSR count). The third kappa shape index (κ3) is 15.0. The van der Waals surface area contributed by atoms with E-state index < -0.39 is 109 Å². The minimum Gasteiger partial charge on any atom is -0.478 e. The summed E-state index contributed by atoms with van der Waals surface area (Å²) < 4.78 is 13.5. The average molecular weight is 1060 g/mol. The third-order valence-corrected chi connectivity index (χ3v) is 12.8. The number of carboxylic acid groups (broad SMARTS) is 2. The van der Waals surface area contributed by atoms with E-state index in [1.165, 1.54) is 47.8 Å². The number of aliphatic hydroxyl groups is 6. The number of carbonyl (C=O) groups excluding carboxylic acids is 4. The summed E-state index contributed by atoms with van der Waals surface area (Å²) >= 11 is 0. The van der Waals surface area contributed by atoms with Crippen molar-refractivity contribution in [3.8, 4) is 22.5 Å². The highest BCUT2D eigenvalue weighted by Gasteiger charge is 2.46. The Bertz CT molecular complexity index is 2550. The largest absolute Gasteiger partial charge is 0.478 e. The van der Waals surface area contributed by atoms with Crippen molar-refractivity contribution in [2.45, 2.75) is 139 Å². The van der Waals surface area contributed by atoms with Crippen LogP contribution < -0.4 is 21.3 Å². The van der Waals surface area contributed by atoms with Crippen LogP contribution in [0.25, 0.3) is 22.5 Å². The molecular formula is C50H64N10O16. The number of para-hydroxylation sites is 2. The van der Waals surface area contributed by atoms with Gasteiger partial charge in [0.25, 0.3) is 0 Å². The molecule has 2 aromatic heterocycles. The first-order chi connectivity index (χ1) is 36.4. The molecule has 0 saturated heterocycles. The molecule has 0 aliphatic carbocycles. The number of hydrogen-bond acceptors (Lipinski definition) is 18. The molecule has 2 aliphatic heterocycles. The molecule has 0 fully saturated rings. The lowest BCUT2D eigenvalue weighted by atomic mass is 9.92. The molecule has 410 valence electrons. The summed E-state index contributed by atoms with van der Waals surface area (Å²) in [4.78, 5) is 74.7. The monoisotopic (exact) mass is 1060 g/mol. The van der Waals surface area contributed by atoms with Gasteiger partial charge in [-0.2, -0.15) is 0 Å². The zero-order valence-corrected chi connectivity index (χ0v) is 41.7. The molecule has 0 saturated carbocycles. The number of carboxylic acids is 2. The summed E-state index contributed by atoms with van der Waals surface area (Å²) in [5.74, 6) is -5.67. The van der Waals surface area contributed by atoms with Crippen LogP contribution in [0.5, 0.6) is 0 Å². The van der Waals surface area contributed by atoms with Crippen LogP contribution in [0, 0.1) is 0 Å². The highest BCUT2D eigenvalue weighted by molar-refractivity contribution is 5.96. The first-order valence-corrected chi connectivity index (χ1v) is 24.7. The van der Waals surface area contributed by atoms with Crippen LogP contribution in [0.4, 0.5) is 11.4 Å². The standard InChI is InChI=1S/C50H64N10O16/c1-27(63)51-43-35(21-39(49(71)72)75-47(43)45(69)37(65)25-61)59-23-33(55-57-59)29-15-11-13-17-31(29)53-41(67)19-9-7-5-3-4-6-8-10-20-42(68)54-32-18-14-12-16-30(32)34-24-60(58-56-34)36-22-40(50(73)74)76-48(44(36)52-28(2)64)46(70)38(66)26-62/h11-18,21-24,35-38,43-48,61-62,65-66,69-70H,3-10,19-20,25-26H2,1-2H3,(H,51,63)(H,52,64)(H,53,67)(H,54,68)(H,71,72)(H,73,74)/t35-,36-,37+,38+,43+,44+,45+,46+,47+,48+/m0/s1. The van der Waals surface area contributed by atoms with Gasteiger partial charge in [0, 0.05) is 37.8 Å². The van der Waals surface area contributed by atoms with Gasteiger partial charge < -0.3 is 71.6 Å². The Kier molecular flexibility index (Phi) is 20.7. The highest BCUT2D eigenvalue weighted by Crippen LogP contribution is 2.34. The van der Waals surface area contributed by atoms with Crippen molar-refractivity contribution in [2.24, 2.45) is 0 Å². The normalized spacial score (nSPS) is 20.8. The Balaban J connectivity index is 0.939. The second-order valence-corrected chi connectivity index (χ2v) is 18.4. The van der Waals surface area contributed by atoms with Gasteiger partial charge in [0.15, 0.2) is 0 Å².